The molecule has 1 aromatic rings. The molecule has 1 aliphatic rings. The molecule has 2 nitrogen and oxygen atoms in total. The van der Waals surface area contributed by atoms with Gasteiger partial charge >= 0.3 is 0 Å². The van der Waals surface area contributed by atoms with Gasteiger partial charge in [-0.15, -0.1) is 23.7 Å². The van der Waals surface area contributed by atoms with Gasteiger partial charge in [0.05, 0.1) is 0 Å². The van der Waals surface area contributed by atoms with E-state index in [2.05, 4.69) is 32.3 Å². The lowest BCUT2D eigenvalue weighted by molar-refractivity contribution is 0.330. The Morgan fingerprint density at radius 2 is 2.43 bits per heavy atom. The van der Waals surface area contributed by atoms with Crippen molar-refractivity contribution in [3.8, 4) is 0 Å². The van der Waals surface area contributed by atoms with Crippen LogP contribution in [0.2, 0.25) is 0 Å². The molecular weight excluding hydrogens is 284 g/mol. The molecule has 0 saturated carbocycles. The fourth-order valence-electron chi connectivity index (χ4n) is 1.66. The van der Waals surface area contributed by atoms with Gasteiger partial charge in [-0.1, -0.05) is 0 Å². The van der Waals surface area contributed by atoms with E-state index in [1.807, 2.05) is 11.3 Å². The smallest absolute Gasteiger partial charge is 0.0328 e. The highest BCUT2D eigenvalue weighted by atomic mass is 79.9. The highest BCUT2D eigenvalue weighted by Gasteiger charge is 2.19. The average Bonchev–Trinajstić information content (AvgIpc) is 2.62. The predicted octanol–water partition coefficient (Wildman–Crippen LogP) is 2.47. The van der Waals surface area contributed by atoms with Crippen molar-refractivity contribution in [1.82, 2.24) is 4.90 Å². The number of rotatable bonds is 2. The first-order valence-corrected chi connectivity index (χ1v) is 6.12. The lowest BCUT2D eigenvalue weighted by Gasteiger charge is -2.12. The van der Waals surface area contributed by atoms with Gasteiger partial charge in [0.15, 0.2) is 0 Å². The summed E-state index contributed by atoms with van der Waals surface area (Å²) in [6.07, 6.45) is 1.15. The first kappa shape index (κ1) is 12.5. The minimum atomic E-state index is 0. The van der Waals surface area contributed by atoms with Crippen molar-refractivity contribution in [3.05, 3.63) is 20.8 Å². The number of halogens is 2. The van der Waals surface area contributed by atoms with Crippen molar-refractivity contribution >= 4 is 39.7 Å². The normalized spacial score (nSPS) is 22.3. The quantitative estimate of drug-likeness (QED) is 0.908. The Hall–Kier alpha value is 0.390. The maximum absolute atomic E-state index is 5.84. The molecule has 0 spiro atoms. The highest BCUT2D eigenvalue weighted by Crippen LogP contribution is 2.22. The zero-order valence-electron chi connectivity index (χ0n) is 7.78. The number of nitrogens with zero attached hydrogens (tertiary/aromatic N) is 1. The summed E-state index contributed by atoms with van der Waals surface area (Å²) in [4.78, 5) is 3.84. The van der Waals surface area contributed by atoms with Crippen LogP contribution in [0.5, 0.6) is 0 Å². The molecule has 0 amide bonds. The van der Waals surface area contributed by atoms with Crippen LogP contribution in [-0.2, 0) is 6.54 Å². The van der Waals surface area contributed by atoms with E-state index in [4.69, 9.17) is 5.73 Å². The number of thiophene rings is 1. The van der Waals surface area contributed by atoms with Crippen LogP contribution >= 0.6 is 39.7 Å². The van der Waals surface area contributed by atoms with Crippen molar-refractivity contribution in [2.75, 3.05) is 13.1 Å². The van der Waals surface area contributed by atoms with Crippen LogP contribution in [0.1, 0.15) is 11.3 Å². The van der Waals surface area contributed by atoms with Crippen molar-refractivity contribution < 1.29 is 0 Å². The fraction of sp³-hybridized carbons (Fsp3) is 0.556. The van der Waals surface area contributed by atoms with E-state index in [1.165, 1.54) is 9.35 Å². The third-order valence-electron chi connectivity index (χ3n) is 2.31. The molecule has 14 heavy (non-hydrogen) atoms. The monoisotopic (exact) mass is 296 g/mol. The highest BCUT2D eigenvalue weighted by molar-refractivity contribution is 9.10. The minimum absolute atomic E-state index is 0. The molecule has 0 aromatic carbocycles. The summed E-state index contributed by atoms with van der Waals surface area (Å²) in [5.41, 5.74) is 5.84. The van der Waals surface area contributed by atoms with E-state index in [0.29, 0.717) is 6.04 Å². The van der Waals surface area contributed by atoms with E-state index < -0.39 is 0 Å². The number of nitrogens with two attached hydrogens (primary N) is 1. The molecule has 1 fully saturated rings. The summed E-state index contributed by atoms with van der Waals surface area (Å²) in [6, 6.07) is 2.58. The van der Waals surface area contributed by atoms with E-state index >= 15 is 0 Å². The van der Waals surface area contributed by atoms with Crippen molar-refractivity contribution in [3.63, 3.8) is 0 Å². The molecule has 2 rings (SSSR count). The van der Waals surface area contributed by atoms with E-state index in [1.54, 1.807) is 0 Å². The van der Waals surface area contributed by atoms with Crippen LogP contribution in [0.4, 0.5) is 0 Å². The largest absolute Gasteiger partial charge is 0.326 e. The lowest BCUT2D eigenvalue weighted by Crippen LogP contribution is -2.25. The zero-order chi connectivity index (χ0) is 9.26. The minimum Gasteiger partial charge on any atom is -0.326 e. The van der Waals surface area contributed by atoms with Gasteiger partial charge in [-0.2, -0.15) is 0 Å². The van der Waals surface area contributed by atoms with Crippen molar-refractivity contribution in [2.24, 2.45) is 5.73 Å². The number of hydrogen-bond donors (Lipinski definition) is 1. The molecule has 0 unspecified atom stereocenters. The van der Waals surface area contributed by atoms with Gasteiger partial charge < -0.3 is 5.73 Å². The summed E-state index contributed by atoms with van der Waals surface area (Å²) in [5, 5.41) is 2.13. The van der Waals surface area contributed by atoms with Gasteiger partial charge in [0.2, 0.25) is 0 Å². The van der Waals surface area contributed by atoms with Crippen molar-refractivity contribution in [1.29, 1.82) is 0 Å². The molecule has 5 heteroatoms. The van der Waals surface area contributed by atoms with Crippen LogP contribution in [0, 0.1) is 0 Å². The Kier molecular flexibility index (Phi) is 4.87. The Morgan fingerprint density at radius 1 is 1.64 bits per heavy atom. The van der Waals surface area contributed by atoms with Crippen LogP contribution in [0.15, 0.2) is 15.9 Å². The van der Waals surface area contributed by atoms with Crippen LogP contribution in [0.25, 0.3) is 0 Å². The standard InChI is InChI=1S/C9H13BrN2S.ClH/c10-7-3-9(13-6-7)5-12-2-1-8(11)4-12;/h3,6,8H,1-2,4-5,11H2;1H/t8-;/m1./s1. The summed E-state index contributed by atoms with van der Waals surface area (Å²) >= 11 is 5.27. The SMILES string of the molecule is Cl.N[C@@H]1CCN(Cc2cc(Br)cs2)C1. The first-order chi connectivity index (χ1) is 6.24. The Labute approximate surface area is 103 Å². The maximum Gasteiger partial charge on any atom is 0.0328 e. The van der Waals surface area contributed by atoms with Crippen molar-refractivity contribution in [2.45, 2.75) is 19.0 Å². The zero-order valence-corrected chi connectivity index (χ0v) is 11.0. The molecule has 80 valence electrons. The molecule has 2 heterocycles. The van der Waals surface area contributed by atoms with Gasteiger partial charge in [0.1, 0.15) is 0 Å². The second-order valence-electron chi connectivity index (χ2n) is 3.52. The van der Waals surface area contributed by atoms with E-state index in [-0.39, 0.29) is 12.4 Å². The van der Waals surface area contributed by atoms with Crippen LogP contribution in [0.3, 0.4) is 0 Å². The summed E-state index contributed by atoms with van der Waals surface area (Å²) < 4.78 is 1.19. The van der Waals surface area contributed by atoms with Gasteiger partial charge in [0.25, 0.3) is 0 Å². The fourth-order valence-corrected chi connectivity index (χ4v) is 3.16. The van der Waals surface area contributed by atoms with Gasteiger partial charge in [-0.3, -0.25) is 4.90 Å². The van der Waals surface area contributed by atoms with Gasteiger partial charge in [0, 0.05) is 40.4 Å². The van der Waals surface area contributed by atoms with E-state index in [9.17, 15) is 0 Å². The summed E-state index contributed by atoms with van der Waals surface area (Å²) in [7, 11) is 0. The average molecular weight is 298 g/mol. The lowest BCUT2D eigenvalue weighted by atomic mass is 10.3. The van der Waals surface area contributed by atoms with E-state index in [0.717, 1.165) is 26.1 Å². The number of hydrogen-bond acceptors (Lipinski definition) is 3. The molecular formula is C9H14BrClN2S. The molecule has 2 N–H and O–H groups in total. The Bertz CT molecular complexity index is 292. The molecule has 1 aliphatic heterocycles. The third-order valence-corrected chi connectivity index (χ3v) is 3.99. The molecule has 1 aromatic heterocycles. The maximum atomic E-state index is 5.84. The van der Waals surface area contributed by atoms with Gasteiger partial charge in [-0.25, -0.2) is 0 Å². The van der Waals surface area contributed by atoms with Crippen LogP contribution in [-0.4, -0.2) is 24.0 Å². The summed E-state index contributed by atoms with van der Waals surface area (Å²) in [6.45, 7) is 3.26. The predicted molar refractivity (Wildman–Crippen MR) is 67.1 cm³/mol. The Morgan fingerprint density at radius 3 is 2.93 bits per heavy atom. The first-order valence-electron chi connectivity index (χ1n) is 4.45. The second kappa shape index (κ2) is 5.47. The third kappa shape index (κ3) is 3.21. The molecule has 1 saturated heterocycles. The molecule has 0 bridgehead atoms. The molecule has 0 radical (unpaired) electrons. The molecule has 0 aliphatic carbocycles. The topological polar surface area (TPSA) is 29.3 Å². The summed E-state index contributed by atoms with van der Waals surface area (Å²) in [5.74, 6) is 0. The van der Waals surface area contributed by atoms with Crippen LogP contribution < -0.4 is 5.73 Å². The second-order valence-corrected chi connectivity index (χ2v) is 5.43. The number of likely N-dealkylation sites (tertiary alicyclic amines) is 1. The Balaban J connectivity index is 0.000000980. The molecule has 1 atom stereocenters. The van der Waals surface area contributed by atoms with Gasteiger partial charge in [-0.05, 0) is 28.4 Å².